The van der Waals surface area contributed by atoms with E-state index in [2.05, 4.69) is 13.8 Å². The van der Waals surface area contributed by atoms with Crippen LogP contribution in [0.2, 0.25) is 0 Å². The second-order valence-electron chi connectivity index (χ2n) is 10.0. The number of rotatable bonds is 2. The summed E-state index contributed by atoms with van der Waals surface area (Å²) in [5.41, 5.74) is 0.974. The maximum Gasteiger partial charge on any atom is 0.343 e. The summed E-state index contributed by atoms with van der Waals surface area (Å²) >= 11 is 0. The van der Waals surface area contributed by atoms with Gasteiger partial charge in [0.25, 0.3) is 0 Å². The molecule has 0 unspecified atom stereocenters. The van der Waals surface area contributed by atoms with E-state index < -0.39 is 0 Å². The van der Waals surface area contributed by atoms with Crippen LogP contribution < -0.4 is 10.4 Å². The first-order chi connectivity index (χ1) is 14.8. The van der Waals surface area contributed by atoms with Gasteiger partial charge in [-0.3, -0.25) is 4.79 Å². The summed E-state index contributed by atoms with van der Waals surface area (Å²) in [6, 6.07) is 11.6. The molecule has 2 fully saturated rings. The van der Waals surface area contributed by atoms with Gasteiger partial charge in [-0.25, -0.2) is 4.79 Å². The van der Waals surface area contributed by atoms with E-state index in [-0.39, 0.29) is 34.6 Å². The van der Waals surface area contributed by atoms with Crippen LogP contribution in [0, 0.1) is 17.3 Å². The van der Waals surface area contributed by atoms with Crippen molar-refractivity contribution < 1.29 is 18.7 Å². The predicted octanol–water partition coefficient (Wildman–Crippen LogP) is 5.15. The third kappa shape index (κ3) is 3.38. The van der Waals surface area contributed by atoms with Crippen molar-refractivity contribution in [1.29, 1.82) is 0 Å². The molecule has 5 rings (SSSR count). The van der Waals surface area contributed by atoms with Gasteiger partial charge in [-0.05, 0) is 56.8 Å². The van der Waals surface area contributed by atoms with E-state index in [9.17, 15) is 9.59 Å². The molecule has 5 heteroatoms. The Morgan fingerprint density at radius 3 is 2.65 bits per heavy atom. The molecule has 5 atom stereocenters. The van der Waals surface area contributed by atoms with E-state index in [1.54, 1.807) is 0 Å². The Hall–Kier alpha value is -2.56. The average Bonchev–Trinajstić information content (AvgIpc) is 2.73. The lowest BCUT2D eigenvalue weighted by molar-refractivity contribution is -0.166. The largest absolute Gasteiger partial charge is 0.487 e. The van der Waals surface area contributed by atoms with E-state index in [4.69, 9.17) is 13.9 Å². The molecule has 2 aliphatic carbocycles. The quantitative estimate of drug-likeness (QED) is 0.626. The molecule has 0 radical (unpaired) electrons. The summed E-state index contributed by atoms with van der Waals surface area (Å²) in [4.78, 5) is 24.4. The number of carbonyl (C=O) groups is 1. The van der Waals surface area contributed by atoms with Crippen LogP contribution in [0.1, 0.15) is 58.4 Å². The maximum atomic E-state index is 13.0. The van der Waals surface area contributed by atoms with Gasteiger partial charge in [0.15, 0.2) is 0 Å². The molecule has 2 heterocycles. The highest BCUT2D eigenvalue weighted by Crippen LogP contribution is 2.60. The molecule has 1 aliphatic heterocycles. The second kappa shape index (κ2) is 7.25. The fraction of sp³-hybridized carbons (Fsp3) is 0.538. The number of carbonyl (C=O) groups excluding carboxylic acids is 1. The fourth-order valence-electron chi connectivity index (χ4n) is 6.51. The Morgan fingerprint density at radius 2 is 1.90 bits per heavy atom. The van der Waals surface area contributed by atoms with Crippen LogP contribution in [0.3, 0.4) is 0 Å². The van der Waals surface area contributed by atoms with Gasteiger partial charge in [0.05, 0.1) is 5.56 Å². The van der Waals surface area contributed by atoms with Crippen molar-refractivity contribution >= 4 is 5.97 Å². The van der Waals surface area contributed by atoms with E-state index in [0.29, 0.717) is 29.4 Å². The Kier molecular flexibility index (Phi) is 4.76. The van der Waals surface area contributed by atoms with Crippen molar-refractivity contribution in [1.82, 2.24) is 0 Å². The van der Waals surface area contributed by atoms with Gasteiger partial charge in [-0.15, -0.1) is 0 Å². The maximum absolute atomic E-state index is 13.0. The number of fused-ring (bicyclic) bond motifs is 4. The van der Waals surface area contributed by atoms with E-state index in [1.165, 1.54) is 6.92 Å². The minimum atomic E-state index is -0.311. The highest BCUT2D eigenvalue weighted by Gasteiger charge is 2.58. The van der Waals surface area contributed by atoms with Crippen molar-refractivity contribution in [3.8, 4) is 17.1 Å². The third-order valence-corrected chi connectivity index (χ3v) is 8.16. The van der Waals surface area contributed by atoms with Crippen molar-refractivity contribution in [2.75, 3.05) is 0 Å². The van der Waals surface area contributed by atoms with Crippen molar-refractivity contribution in [3.05, 3.63) is 52.4 Å². The average molecular weight is 423 g/mol. The summed E-state index contributed by atoms with van der Waals surface area (Å²) in [5.74, 6) is 1.72. The highest BCUT2D eigenvalue weighted by atomic mass is 16.5. The van der Waals surface area contributed by atoms with Gasteiger partial charge < -0.3 is 13.9 Å². The van der Waals surface area contributed by atoms with E-state index >= 15 is 0 Å². The minimum absolute atomic E-state index is 0.00947. The molecule has 31 heavy (non-hydrogen) atoms. The topological polar surface area (TPSA) is 65.7 Å². The number of benzene rings is 1. The second-order valence-corrected chi connectivity index (χ2v) is 10.0. The molecule has 2 saturated carbocycles. The molecule has 3 aliphatic rings. The van der Waals surface area contributed by atoms with Crippen molar-refractivity contribution in [2.45, 2.75) is 71.0 Å². The summed E-state index contributed by atoms with van der Waals surface area (Å²) in [6.07, 6.45) is 5.41. The Bertz CT molecular complexity index is 1060. The Morgan fingerprint density at radius 1 is 1.13 bits per heavy atom. The SMILES string of the molecule is CC(=O)O[C@H]1CC[C@]2(C)[C@@H](CC[C@@]3(C)Oc4cc(-c5ccccc5)oc(=O)c4C[C@H]23)C1. The molecule has 0 saturated heterocycles. The molecule has 0 N–H and O–H groups in total. The van der Waals surface area contributed by atoms with Crippen LogP contribution in [-0.2, 0) is 16.0 Å². The first-order valence-electron chi connectivity index (χ1n) is 11.4. The van der Waals surface area contributed by atoms with Gasteiger partial charge in [-0.1, -0.05) is 37.3 Å². The number of hydrogen-bond donors (Lipinski definition) is 0. The number of ether oxygens (including phenoxy) is 2. The fourth-order valence-corrected chi connectivity index (χ4v) is 6.51. The lowest BCUT2D eigenvalue weighted by Crippen LogP contribution is -2.60. The van der Waals surface area contributed by atoms with Crippen LogP contribution in [0.15, 0.2) is 45.6 Å². The van der Waals surface area contributed by atoms with Crippen molar-refractivity contribution in [2.24, 2.45) is 17.3 Å². The summed E-state index contributed by atoms with van der Waals surface area (Å²) < 4.78 is 17.9. The zero-order chi connectivity index (χ0) is 21.8. The van der Waals surface area contributed by atoms with Crippen LogP contribution in [0.4, 0.5) is 0 Å². The molecule has 0 bridgehead atoms. The number of esters is 1. The monoisotopic (exact) mass is 422 g/mol. The van der Waals surface area contributed by atoms with Gasteiger partial charge in [0.2, 0.25) is 0 Å². The van der Waals surface area contributed by atoms with Crippen molar-refractivity contribution in [3.63, 3.8) is 0 Å². The smallest absolute Gasteiger partial charge is 0.343 e. The van der Waals surface area contributed by atoms with Crippen LogP contribution in [0.5, 0.6) is 5.75 Å². The first kappa shape index (κ1) is 20.3. The van der Waals surface area contributed by atoms with Crippen LogP contribution >= 0.6 is 0 Å². The molecule has 1 aromatic heterocycles. The van der Waals surface area contributed by atoms with E-state index in [1.807, 2.05) is 36.4 Å². The molecule has 1 aromatic carbocycles. The normalized spacial score (nSPS) is 34.0. The lowest BCUT2D eigenvalue weighted by Gasteiger charge is -2.59. The molecule has 0 spiro atoms. The molecule has 0 amide bonds. The van der Waals surface area contributed by atoms with Crippen LogP contribution in [-0.4, -0.2) is 17.7 Å². The Labute approximate surface area is 182 Å². The molecule has 5 nitrogen and oxygen atoms in total. The third-order valence-electron chi connectivity index (χ3n) is 8.16. The van der Waals surface area contributed by atoms with Crippen LogP contribution in [0.25, 0.3) is 11.3 Å². The Balaban J connectivity index is 1.48. The summed E-state index contributed by atoms with van der Waals surface area (Å²) in [7, 11) is 0. The lowest BCUT2D eigenvalue weighted by atomic mass is 9.49. The van der Waals surface area contributed by atoms with E-state index in [0.717, 1.165) is 37.7 Å². The zero-order valence-corrected chi connectivity index (χ0v) is 18.5. The number of hydrogen-bond acceptors (Lipinski definition) is 5. The molecule has 164 valence electrons. The predicted molar refractivity (Wildman–Crippen MR) is 117 cm³/mol. The van der Waals surface area contributed by atoms with Gasteiger partial charge in [0.1, 0.15) is 23.2 Å². The highest BCUT2D eigenvalue weighted by molar-refractivity contribution is 5.66. The first-order valence-corrected chi connectivity index (χ1v) is 11.4. The summed E-state index contributed by atoms with van der Waals surface area (Å²) in [6.45, 7) is 6.04. The molecular weight excluding hydrogens is 392 g/mol. The minimum Gasteiger partial charge on any atom is -0.487 e. The zero-order valence-electron chi connectivity index (χ0n) is 18.5. The van der Waals surface area contributed by atoms with Gasteiger partial charge in [0, 0.05) is 24.5 Å². The molecular formula is C26H30O5. The summed E-state index contributed by atoms with van der Waals surface area (Å²) in [5, 5.41) is 0. The van der Waals surface area contributed by atoms with Gasteiger partial charge >= 0.3 is 11.6 Å². The molecule has 2 aromatic rings. The standard InChI is InChI=1S/C26H30O5/c1-16(27)29-19-10-11-25(2)18(13-19)9-12-26(3)23(25)14-20-22(31-26)15-21(30-24(20)28)17-7-5-4-6-8-17/h4-8,15,18-19,23H,9-14H2,1-3H3/t18-,19-,23+,25+,26+/m0/s1. The van der Waals surface area contributed by atoms with Gasteiger partial charge in [-0.2, -0.15) is 0 Å².